The van der Waals surface area contributed by atoms with Crippen LogP contribution in [0.15, 0.2) is 40.9 Å². The van der Waals surface area contributed by atoms with Crippen molar-refractivity contribution in [3.8, 4) is 11.5 Å². The van der Waals surface area contributed by atoms with Gasteiger partial charge in [0.1, 0.15) is 11.3 Å². The predicted molar refractivity (Wildman–Crippen MR) is 75.6 cm³/mol. The van der Waals surface area contributed by atoms with Crippen molar-refractivity contribution in [1.82, 2.24) is 14.6 Å². The molecule has 0 radical (unpaired) electrons. The van der Waals surface area contributed by atoms with Gasteiger partial charge in [-0.05, 0) is 12.1 Å². The highest BCUT2D eigenvalue weighted by molar-refractivity contribution is 7.16. The van der Waals surface area contributed by atoms with Crippen LogP contribution in [0.2, 0.25) is 0 Å². The number of nitrogens with zero attached hydrogens (tertiary/aromatic N) is 3. The van der Waals surface area contributed by atoms with Gasteiger partial charge in [0, 0.05) is 12.3 Å². The first-order valence-electron chi connectivity index (χ1n) is 6.24. The molecule has 7 heteroatoms. The number of imidazole rings is 1. The van der Waals surface area contributed by atoms with E-state index in [0.29, 0.717) is 16.4 Å². The van der Waals surface area contributed by atoms with Crippen LogP contribution < -0.4 is 0 Å². The third kappa shape index (κ3) is 1.92. The minimum atomic E-state index is -2.98. The molecular weight excluding hydrogens is 296 g/mol. The van der Waals surface area contributed by atoms with Gasteiger partial charge in [-0.1, -0.05) is 29.5 Å². The number of alkyl halides is 2. The molecule has 4 nitrogen and oxygen atoms in total. The Morgan fingerprint density at radius 2 is 2.10 bits per heavy atom. The monoisotopic (exact) mass is 305 g/mol. The van der Waals surface area contributed by atoms with Crippen LogP contribution in [0.25, 0.3) is 27.4 Å². The number of furan rings is 1. The zero-order chi connectivity index (χ0) is 14.6. The van der Waals surface area contributed by atoms with Crippen molar-refractivity contribution in [3.63, 3.8) is 0 Å². The van der Waals surface area contributed by atoms with Crippen molar-refractivity contribution in [3.05, 3.63) is 41.5 Å². The summed E-state index contributed by atoms with van der Waals surface area (Å²) < 4.78 is 33.8. The highest BCUT2D eigenvalue weighted by atomic mass is 32.1. The van der Waals surface area contributed by atoms with Crippen LogP contribution in [0.4, 0.5) is 8.78 Å². The number of para-hydroxylation sites is 1. The van der Waals surface area contributed by atoms with E-state index in [1.807, 2.05) is 30.3 Å². The summed E-state index contributed by atoms with van der Waals surface area (Å²) >= 11 is 0.876. The van der Waals surface area contributed by atoms with Crippen molar-refractivity contribution in [2.75, 3.05) is 0 Å². The first-order valence-corrected chi connectivity index (χ1v) is 7.06. The minimum absolute atomic E-state index is 0.261. The van der Waals surface area contributed by atoms with Gasteiger partial charge in [-0.15, -0.1) is 0 Å². The Balaban J connectivity index is 1.91. The fourth-order valence-electron chi connectivity index (χ4n) is 2.15. The lowest BCUT2D eigenvalue weighted by Crippen LogP contribution is -2.07. The molecule has 0 spiro atoms. The van der Waals surface area contributed by atoms with Crippen LogP contribution in [0, 0.1) is 0 Å². The summed E-state index contributed by atoms with van der Waals surface area (Å²) in [4.78, 5) is 4.54. The second kappa shape index (κ2) is 4.11. The second-order valence-electron chi connectivity index (χ2n) is 4.78. The van der Waals surface area contributed by atoms with E-state index in [-0.39, 0.29) is 5.01 Å². The molecule has 0 fully saturated rings. The lowest BCUT2D eigenvalue weighted by Gasteiger charge is -2.03. The summed E-state index contributed by atoms with van der Waals surface area (Å²) in [6.07, 6.45) is 1.58. The van der Waals surface area contributed by atoms with Crippen molar-refractivity contribution in [2.24, 2.45) is 0 Å². The Kier molecular flexibility index (Phi) is 2.44. The standard InChI is InChI=1S/C14H9F2N3OS/c1-14(15,16)12-18-19-9(7-17-13(19)21-12)11-6-8-4-2-3-5-10(8)20-11/h2-7H,1H3. The first-order chi connectivity index (χ1) is 10.0. The highest BCUT2D eigenvalue weighted by Gasteiger charge is 2.30. The van der Waals surface area contributed by atoms with Gasteiger partial charge in [0.2, 0.25) is 4.96 Å². The molecule has 0 aliphatic heterocycles. The third-order valence-corrected chi connectivity index (χ3v) is 4.23. The Hall–Kier alpha value is -2.28. The van der Waals surface area contributed by atoms with E-state index in [0.717, 1.165) is 29.2 Å². The lowest BCUT2D eigenvalue weighted by atomic mass is 10.2. The molecule has 0 atom stereocenters. The molecule has 0 bridgehead atoms. The van der Waals surface area contributed by atoms with Crippen LogP contribution in [0.3, 0.4) is 0 Å². The van der Waals surface area contributed by atoms with Crippen molar-refractivity contribution in [1.29, 1.82) is 0 Å². The topological polar surface area (TPSA) is 43.3 Å². The van der Waals surface area contributed by atoms with Gasteiger partial charge in [-0.2, -0.15) is 18.4 Å². The van der Waals surface area contributed by atoms with Gasteiger partial charge < -0.3 is 4.42 Å². The molecule has 0 amide bonds. The third-order valence-electron chi connectivity index (χ3n) is 3.14. The molecule has 0 aliphatic rings. The number of benzene rings is 1. The molecular formula is C14H9F2N3OS. The Labute approximate surface area is 121 Å². The van der Waals surface area contributed by atoms with E-state index in [1.165, 1.54) is 4.52 Å². The Morgan fingerprint density at radius 1 is 1.29 bits per heavy atom. The average Bonchev–Trinajstić information content (AvgIpc) is 3.10. The summed E-state index contributed by atoms with van der Waals surface area (Å²) in [5.74, 6) is -2.42. The normalized spacial score (nSPS) is 12.5. The molecule has 0 saturated heterocycles. The zero-order valence-electron chi connectivity index (χ0n) is 10.9. The molecule has 3 aromatic heterocycles. The predicted octanol–water partition coefficient (Wildman–Crippen LogP) is 4.32. The summed E-state index contributed by atoms with van der Waals surface area (Å²) in [5.41, 5.74) is 1.30. The van der Waals surface area contributed by atoms with Gasteiger partial charge in [-0.3, -0.25) is 0 Å². The maximum atomic E-state index is 13.4. The van der Waals surface area contributed by atoms with Crippen molar-refractivity contribution < 1.29 is 13.2 Å². The van der Waals surface area contributed by atoms with Crippen molar-refractivity contribution >= 4 is 27.3 Å². The number of fused-ring (bicyclic) bond motifs is 2. The van der Waals surface area contributed by atoms with E-state index in [9.17, 15) is 8.78 Å². The fourth-order valence-corrected chi connectivity index (χ4v) is 2.95. The molecule has 0 aliphatic carbocycles. The Bertz CT molecular complexity index is 915. The second-order valence-corrected chi connectivity index (χ2v) is 5.74. The zero-order valence-corrected chi connectivity index (χ0v) is 11.7. The number of rotatable bonds is 2. The molecule has 0 N–H and O–H groups in total. The fraction of sp³-hybridized carbons (Fsp3) is 0.143. The summed E-state index contributed by atoms with van der Waals surface area (Å²) in [7, 11) is 0. The maximum absolute atomic E-state index is 13.4. The summed E-state index contributed by atoms with van der Waals surface area (Å²) in [5, 5.41) is 4.64. The smallest absolute Gasteiger partial charge is 0.298 e. The van der Waals surface area contributed by atoms with Crippen LogP contribution in [-0.4, -0.2) is 14.6 Å². The maximum Gasteiger partial charge on any atom is 0.298 e. The quantitative estimate of drug-likeness (QED) is 0.554. The average molecular weight is 305 g/mol. The summed E-state index contributed by atoms with van der Waals surface area (Å²) in [6, 6.07) is 9.41. The SMILES string of the molecule is CC(F)(F)c1nn2c(-c3cc4ccccc4o3)cnc2s1. The number of aromatic nitrogens is 3. The minimum Gasteiger partial charge on any atom is -0.454 e. The van der Waals surface area contributed by atoms with E-state index in [4.69, 9.17) is 4.42 Å². The van der Waals surface area contributed by atoms with Crippen LogP contribution in [0.1, 0.15) is 11.9 Å². The van der Waals surface area contributed by atoms with Crippen LogP contribution >= 0.6 is 11.3 Å². The number of hydrogen-bond donors (Lipinski definition) is 0. The molecule has 0 unspecified atom stereocenters. The largest absolute Gasteiger partial charge is 0.454 e. The van der Waals surface area contributed by atoms with E-state index in [2.05, 4.69) is 10.1 Å². The molecule has 1 aromatic carbocycles. The highest BCUT2D eigenvalue weighted by Crippen LogP contribution is 2.34. The molecule has 4 rings (SSSR count). The van der Waals surface area contributed by atoms with E-state index in [1.54, 1.807) is 6.20 Å². The lowest BCUT2D eigenvalue weighted by molar-refractivity contribution is 0.0163. The summed E-state index contributed by atoms with van der Waals surface area (Å²) in [6.45, 7) is 0.826. The molecule has 0 saturated carbocycles. The van der Waals surface area contributed by atoms with E-state index < -0.39 is 5.92 Å². The van der Waals surface area contributed by atoms with Gasteiger partial charge in [0.25, 0.3) is 5.92 Å². The van der Waals surface area contributed by atoms with Gasteiger partial charge in [0.15, 0.2) is 10.8 Å². The number of halogens is 2. The molecule has 106 valence electrons. The van der Waals surface area contributed by atoms with Crippen LogP contribution in [0.5, 0.6) is 0 Å². The van der Waals surface area contributed by atoms with E-state index >= 15 is 0 Å². The first kappa shape index (κ1) is 12.5. The Morgan fingerprint density at radius 3 is 2.86 bits per heavy atom. The van der Waals surface area contributed by atoms with Gasteiger partial charge in [-0.25, -0.2) is 4.98 Å². The molecule has 21 heavy (non-hydrogen) atoms. The molecule has 4 aromatic rings. The van der Waals surface area contributed by atoms with Crippen molar-refractivity contribution in [2.45, 2.75) is 12.8 Å². The van der Waals surface area contributed by atoms with Gasteiger partial charge in [0.05, 0.1) is 6.20 Å². The van der Waals surface area contributed by atoms with Crippen LogP contribution in [-0.2, 0) is 5.92 Å². The van der Waals surface area contributed by atoms with Gasteiger partial charge >= 0.3 is 0 Å². The number of hydrogen-bond acceptors (Lipinski definition) is 4. The molecule has 3 heterocycles.